The number of amides is 1. The van der Waals surface area contributed by atoms with Gasteiger partial charge in [-0.3, -0.25) is 4.79 Å². The number of nitriles is 1. The van der Waals surface area contributed by atoms with E-state index in [1.165, 1.54) is 4.90 Å². The summed E-state index contributed by atoms with van der Waals surface area (Å²) in [5.41, 5.74) is 1.78. The number of ether oxygens (including phenoxy) is 2. The Morgan fingerprint density at radius 1 is 1.37 bits per heavy atom. The Morgan fingerprint density at radius 2 is 2.05 bits per heavy atom. The lowest BCUT2D eigenvalue weighted by atomic mass is 10.1. The van der Waals surface area contributed by atoms with Crippen molar-refractivity contribution in [2.24, 2.45) is 0 Å². The maximum Gasteiger partial charge on any atom is 0.236 e. The summed E-state index contributed by atoms with van der Waals surface area (Å²) in [6.45, 7) is 2.30. The third kappa shape index (κ3) is 3.38. The number of nitrogens with zero attached hydrogens (tertiary/aromatic N) is 2. The molecule has 0 spiro atoms. The number of carbonyl (C=O) groups excluding carboxylic acids is 1. The molecule has 0 N–H and O–H groups in total. The standard InChI is InChI=1S/C14H18N2O3/c1-10-12(18-3)6-5-11(14(10)19-4)9-16(2)13(17)7-8-15/h5-6H,7,9H2,1-4H3. The lowest BCUT2D eigenvalue weighted by molar-refractivity contribution is -0.129. The van der Waals surface area contributed by atoms with Crippen molar-refractivity contribution in [3.63, 3.8) is 0 Å². The van der Waals surface area contributed by atoms with Crippen LogP contribution in [0.5, 0.6) is 11.5 Å². The van der Waals surface area contributed by atoms with Gasteiger partial charge < -0.3 is 14.4 Å². The quantitative estimate of drug-likeness (QED) is 0.812. The Balaban J connectivity index is 2.99. The third-order valence-corrected chi connectivity index (χ3v) is 2.93. The van der Waals surface area contributed by atoms with Gasteiger partial charge in [-0.25, -0.2) is 0 Å². The molecular formula is C14H18N2O3. The van der Waals surface area contributed by atoms with Crippen molar-refractivity contribution >= 4 is 5.91 Å². The average molecular weight is 262 g/mol. The summed E-state index contributed by atoms with van der Waals surface area (Å²) >= 11 is 0. The molecule has 0 aliphatic carbocycles. The molecule has 1 aromatic carbocycles. The first-order valence-corrected chi connectivity index (χ1v) is 5.86. The van der Waals surface area contributed by atoms with Gasteiger partial charge in [0.05, 0.1) is 20.3 Å². The molecule has 5 heteroatoms. The molecule has 19 heavy (non-hydrogen) atoms. The molecule has 0 heterocycles. The summed E-state index contributed by atoms with van der Waals surface area (Å²) in [7, 11) is 4.85. The van der Waals surface area contributed by atoms with E-state index in [-0.39, 0.29) is 12.3 Å². The van der Waals surface area contributed by atoms with Crippen molar-refractivity contribution in [2.75, 3.05) is 21.3 Å². The van der Waals surface area contributed by atoms with Gasteiger partial charge in [0, 0.05) is 24.7 Å². The summed E-state index contributed by atoms with van der Waals surface area (Å²) < 4.78 is 10.6. The van der Waals surface area contributed by atoms with Crippen LogP contribution in [-0.4, -0.2) is 32.1 Å². The molecule has 1 rings (SSSR count). The van der Waals surface area contributed by atoms with Crippen molar-refractivity contribution in [1.82, 2.24) is 4.90 Å². The van der Waals surface area contributed by atoms with Crippen molar-refractivity contribution in [2.45, 2.75) is 19.9 Å². The zero-order chi connectivity index (χ0) is 14.4. The fraction of sp³-hybridized carbons (Fsp3) is 0.429. The molecule has 0 saturated carbocycles. The second kappa shape index (κ2) is 6.64. The van der Waals surface area contributed by atoms with E-state index in [1.807, 2.05) is 25.1 Å². The minimum absolute atomic E-state index is 0.117. The van der Waals surface area contributed by atoms with Crippen LogP contribution in [0.3, 0.4) is 0 Å². The maximum absolute atomic E-state index is 11.6. The fourth-order valence-electron chi connectivity index (χ4n) is 1.91. The van der Waals surface area contributed by atoms with Crippen LogP contribution in [0.4, 0.5) is 0 Å². The summed E-state index contributed by atoms with van der Waals surface area (Å²) in [5.74, 6) is 1.24. The Hall–Kier alpha value is -2.22. The Morgan fingerprint density at radius 3 is 2.58 bits per heavy atom. The van der Waals surface area contributed by atoms with Gasteiger partial charge in [0.15, 0.2) is 0 Å². The Bertz CT molecular complexity index is 506. The highest BCUT2D eigenvalue weighted by molar-refractivity contribution is 5.78. The topological polar surface area (TPSA) is 62.6 Å². The van der Waals surface area contributed by atoms with Crippen LogP contribution in [0.2, 0.25) is 0 Å². The minimum Gasteiger partial charge on any atom is -0.496 e. The Labute approximate surface area is 113 Å². The average Bonchev–Trinajstić information content (AvgIpc) is 2.39. The van der Waals surface area contributed by atoms with Crippen molar-refractivity contribution in [3.8, 4) is 17.6 Å². The highest BCUT2D eigenvalue weighted by atomic mass is 16.5. The van der Waals surface area contributed by atoms with Crippen LogP contribution >= 0.6 is 0 Å². The van der Waals surface area contributed by atoms with Crippen molar-refractivity contribution in [3.05, 3.63) is 23.3 Å². The first kappa shape index (κ1) is 14.8. The number of methoxy groups -OCH3 is 2. The largest absolute Gasteiger partial charge is 0.496 e. The van der Waals surface area contributed by atoms with Crippen LogP contribution in [0.1, 0.15) is 17.5 Å². The fourth-order valence-corrected chi connectivity index (χ4v) is 1.91. The van der Waals surface area contributed by atoms with Gasteiger partial charge in [0.25, 0.3) is 0 Å². The van der Waals surface area contributed by atoms with E-state index in [1.54, 1.807) is 21.3 Å². The molecule has 0 saturated heterocycles. The van der Waals surface area contributed by atoms with Gasteiger partial charge in [-0.05, 0) is 19.1 Å². The second-order valence-corrected chi connectivity index (χ2v) is 4.17. The van der Waals surface area contributed by atoms with Crippen LogP contribution in [0, 0.1) is 18.3 Å². The molecule has 0 radical (unpaired) electrons. The van der Waals surface area contributed by atoms with Gasteiger partial charge in [-0.1, -0.05) is 0 Å². The molecule has 102 valence electrons. The van der Waals surface area contributed by atoms with E-state index >= 15 is 0 Å². The molecule has 1 aromatic rings. The highest BCUT2D eigenvalue weighted by Gasteiger charge is 2.15. The van der Waals surface area contributed by atoms with Gasteiger partial charge >= 0.3 is 0 Å². The first-order valence-electron chi connectivity index (χ1n) is 5.86. The van der Waals surface area contributed by atoms with E-state index in [4.69, 9.17) is 14.7 Å². The van der Waals surface area contributed by atoms with E-state index in [9.17, 15) is 4.79 Å². The van der Waals surface area contributed by atoms with Crippen LogP contribution in [0.25, 0.3) is 0 Å². The normalized spacial score (nSPS) is 9.63. The highest BCUT2D eigenvalue weighted by Crippen LogP contribution is 2.31. The van der Waals surface area contributed by atoms with Gasteiger partial charge in [0.2, 0.25) is 5.91 Å². The lowest BCUT2D eigenvalue weighted by Gasteiger charge is -2.19. The van der Waals surface area contributed by atoms with Gasteiger partial charge in [-0.2, -0.15) is 5.26 Å². The molecule has 0 unspecified atom stereocenters. The van der Waals surface area contributed by atoms with E-state index in [2.05, 4.69) is 0 Å². The van der Waals surface area contributed by atoms with E-state index < -0.39 is 0 Å². The number of rotatable bonds is 5. The number of hydrogen-bond donors (Lipinski definition) is 0. The van der Waals surface area contributed by atoms with Crippen LogP contribution in [0.15, 0.2) is 12.1 Å². The van der Waals surface area contributed by atoms with Crippen molar-refractivity contribution in [1.29, 1.82) is 5.26 Å². The van der Waals surface area contributed by atoms with Gasteiger partial charge in [0.1, 0.15) is 17.9 Å². The molecule has 0 fully saturated rings. The SMILES string of the molecule is COc1ccc(CN(C)C(=O)CC#N)c(OC)c1C. The predicted molar refractivity (Wildman–Crippen MR) is 71.0 cm³/mol. The number of carbonyl (C=O) groups is 1. The van der Waals surface area contributed by atoms with E-state index in [0.717, 1.165) is 16.9 Å². The smallest absolute Gasteiger partial charge is 0.236 e. The molecule has 0 aromatic heterocycles. The minimum atomic E-state index is -0.210. The first-order chi connectivity index (χ1) is 9.04. The molecular weight excluding hydrogens is 244 g/mol. The summed E-state index contributed by atoms with van der Waals surface area (Å²) in [5, 5.41) is 8.53. The second-order valence-electron chi connectivity index (χ2n) is 4.17. The summed E-state index contributed by atoms with van der Waals surface area (Å²) in [4.78, 5) is 13.1. The molecule has 0 bridgehead atoms. The Kier molecular flexibility index (Phi) is 5.19. The van der Waals surface area contributed by atoms with Crippen LogP contribution < -0.4 is 9.47 Å². The number of hydrogen-bond acceptors (Lipinski definition) is 4. The molecule has 0 aliphatic heterocycles. The maximum atomic E-state index is 11.6. The van der Waals surface area contributed by atoms with Gasteiger partial charge in [-0.15, -0.1) is 0 Å². The zero-order valence-electron chi connectivity index (χ0n) is 11.7. The monoisotopic (exact) mass is 262 g/mol. The predicted octanol–water partition coefficient (Wildman–Crippen LogP) is 1.88. The summed E-state index contributed by atoms with van der Waals surface area (Å²) in [6.07, 6.45) is -0.117. The van der Waals surface area contributed by atoms with E-state index in [0.29, 0.717) is 12.3 Å². The molecule has 1 amide bonds. The zero-order valence-corrected chi connectivity index (χ0v) is 11.7. The third-order valence-electron chi connectivity index (χ3n) is 2.93. The summed E-state index contributed by atoms with van der Waals surface area (Å²) in [6, 6.07) is 5.55. The lowest BCUT2D eigenvalue weighted by Crippen LogP contribution is -2.25. The van der Waals surface area contributed by atoms with Crippen molar-refractivity contribution < 1.29 is 14.3 Å². The van der Waals surface area contributed by atoms with Crippen LogP contribution in [-0.2, 0) is 11.3 Å². The molecule has 0 atom stereocenters. The molecule has 0 aliphatic rings. The number of benzene rings is 1. The molecule has 5 nitrogen and oxygen atoms in total.